The van der Waals surface area contributed by atoms with Gasteiger partial charge in [-0.05, 0) is 200 Å². The van der Waals surface area contributed by atoms with Crippen molar-refractivity contribution < 1.29 is 19.0 Å². The molecule has 0 saturated heterocycles. The van der Waals surface area contributed by atoms with Crippen molar-refractivity contribution in [3.05, 3.63) is 277 Å². The molecule has 0 radical (unpaired) electrons. The summed E-state index contributed by atoms with van der Waals surface area (Å²) >= 11 is 0. The van der Waals surface area contributed by atoms with Crippen LogP contribution in [0.4, 0.5) is 0 Å². The summed E-state index contributed by atoms with van der Waals surface area (Å²) in [4.78, 5) is 12.1. The number of hydrogen-bond donors (Lipinski definition) is 0. The molecular weight excluding hydrogens is 1420 g/mol. The summed E-state index contributed by atoms with van der Waals surface area (Å²) < 4.78 is 26.4. The molecule has 578 valence electrons. The molecule has 0 fully saturated rings. The second-order valence-corrected chi connectivity index (χ2v) is 30.3. The Bertz CT molecular complexity index is 5850. The Morgan fingerprint density at radius 2 is 0.504 bits per heavy atom. The lowest BCUT2D eigenvalue weighted by Gasteiger charge is -2.14. The maximum atomic E-state index is 12.1. The number of allylic oxidation sites excluding steroid dienone is 18. The summed E-state index contributed by atoms with van der Waals surface area (Å²) in [7, 11) is 0. The molecule has 115 heavy (non-hydrogen) atoms. The van der Waals surface area contributed by atoms with Gasteiger partial charge in [-0.2, -0.15) is 31.6 Å². The highest BCUT2D eigenvalue weighted by molar-refractivity contribution is 6.12. The van der Waals surface area contributed by atoms with Gasteiger partial charge in [-0.3, -0.25) is 4.79 Å². The number of carbonyl (C=O) groups is 1. The number of hydrogen-bond acceptors (Lipinski definition) is 10. The number of fused-ring (bicyclic) bond motifs is 9. The Balaban J connectivity index is 0.804. The molecule has 0 spiro atoms. The number of aromatic nitrogens is 3. The van der Waals surface area contributed by atoms with Crippen LogP contribution in [0, 0.1) is 68.0 Å². The fourth-order valence-corrected chi connectivity index (χ4v) is 15.9. The van der Waals surface area contributed by atoms with Crippen molar-refractivity contribution in [3.8, 4) is 36.4 Å². The van der Waals surface area contributed by atoms with E-state index < -0.39 is 0 Å². The summed E-state index contributed by atoms with van der Waals surface area (Å²) in [5.41, 5.74) is 13.3. The molecule has 3 aliphatic rings. The Hall–Kier alpha value is -12.9. The number of aryl methyl sites for hydroxylation is 3. The molecule has 13 heteroatoms. The van der Waals surface area contributed by atoms with E-state index >= 15 is 0 Å². The van der Waals surface area contributed by atoms with Crippen molar-refractivity contribution in [1.29, 1.82) is 31.6 Å². The minimum Gasteiger partial charge on any atom is -0.462 e. The molecule has 6 heterocycles. The van der Waals surface area contributed by atoms with Crippen LogP contribution in [0.3, 0.4) is 0 Å². The lowest BCUT2D eigenvalue weighted by Crippen LogP contribution is -1.99. The first-order valence-electron chi connectivity index (χ1n) is 41.4. The van der Waals surface area contributed by atoms with Gasteiger partial charge in [0.25, 0.3) is 0 Å². The molecule has 12 rings (SSSR count). The van der Waals surface area contributed by atoms with E-state index in [0.717, 1.165) is 151 Å². The zero-order valence-electron chi connectivity index (χ0n) is 67.0. The van der Waals surface area contributed by atoms with Crippen LogP contribution >= 0.6 is 0 Å². The summed E-state index contributed by atoms with van der Waals surface area (Å²) in [6.07, 6.45) is 59.9. The first-order chi connectivity index (χ1) is 56.5. The van der Waals surface area contributed by atoms with Gasteiger partial charge in [-0.15, -0.1) is 0 Å². The summed E-state index contributed by atoms with van der Waals surface area (Å²) in [5.74, 6) is 2.94. The Morgan fingerprint density at radius 3 is 0.748 bits per heavy atom. The third kappa shape index (κ3) is 20.9. The number of nitriles is 6. The molecule has 3 aromatic heterocycles. The molecular formula is C102H101N9O4. The van der Waals surface area contributed by atoms with Gasteiger partial charge in [0.2, 0.25) is 0 Å². The largest absolute Gasteiger partial charge is 0.462 e. The zero-order valence-corrected chi connectivity index (χ0v) is 67.0. The summed E-state index contributed by atoms with van der Waals surface area (Å²) in [6.45, 7) is 11.2. The van der Waals surface area contributed by atoms with Crippen molar-refractivity contribution >= 4 is 102 Å². The fourth-order valence-electron chi connectivity index (χ4n) is 15.9. The van der Waals surface area contributed by atoms with Gasteiger partial charge in [0.05, 0.1) is 0 Å². The summed E-state index contributed by atoms with van der Waals surface area (Å²) in [5, 5.41) is 66.5. The minimum absolute atomic E-state index is 0.0220. The number of nitrogens with zero attached hydrogens (tertiary/aromatic N) is 9. The van der Waals surface area contributed by atoms with Gasteiger partial charge in [-0.1, -0.05) is 216 Å². The predicted molar refractivity (Wildman–Crippen MR) is 469 cm³/mol. The summed E-state index contributed by atoms with van der Waals surface area (Å²) in [6, 6.07) is 50.7. The van der Waals surface area contributed by atoms with Crippen LogP contribution in [0.2, 0.25) is 0 Å². The number of unbranched alkanes of at least 4 members (excludes halogenated alkanes) is 21. The van der Waals surface area contributed by atoms with Crippen LogP contribution in [0.25, 0.3) is 95.8 Å². The maximum absolute atomic E-state index is 12.1. The van der Waals surface area contributed by atoms with Gasteiger partial charge in [0.1, 0.15) is 94.0 Å². The third-order valence-electron chi connectivity index (χ3n) is 21.9. The van der Waals surface area contributed by atoms with Gasteiger partial charge in [-0.25, -0.2) is 0 Å². The van der Waals surface area contributed by atoms with E-state index in [1.165, 1.54) is 122 Å². The fraction of sp³-hybridized carbons (Fsp3) is 0.304. The predicted octanol–water partition coefficient (Wildman–Crippen LogP) is 27.2. The van der Waals surface area contributed by atoms with E-state index in [4.69, 9.17) is 14.2 Å². The monoisotopic (exact) mass is 1520 g/mol. The van der Waals surface area contributed by atoms with Crippen molar-refractivity contribution in [2.24, 2.45) is 0 Å². The molecule has 0 atom stereocenters. The highest BCUT2D eigenvalue weighted by Crippen LogP contribution is 2.38. The van der Waals surface area contributed by atoms with Crippen molar-refractivity contribution in [2.45, 2.75) is 201 Å². The lowest BCUT2D eigenvalue weighted by atomic mass is 10.0. The Morgan fingerprint density at radius 1 is 0.287 bits per heavy atom. The zero-order chi connectivity index (χ0) is 80.3. The van der Waals surface area contributed by atoms with Crippen LogP contribution in [-0.4, -0.2) is 20.0 Å². The molecule has 13 nitrogen and oxygen atoms in total. The smallest absolute Gasteiger partial charge is 0.150 e. The van der Waals surface area contributed by atoms with E-state index in [0.29, 0.717) is 56.8 Å². The molecule has 0 unspecified atom stereocenters. The number of carbonyl (C=O) groups excluding carboxylic acids is 1. The van der Waals surface area contributed by atoms with Gasteiger partial charge < -0.3 is 27.9 Å². The molecule has 0 amide bonds. The molecule has 3 aliphatic heterocycles. The lowest BCUT2D eigenvalue weighted by molar-refractivity contribution is 0.112. The van der Waals surface area contributed by atoms with Crippen LogP contribution < -0.4 is 0 Å². The van der Waals surface area contributed by atoms with Crippen LogP contribution in [0.15, 0.2) is 244 Å². The molecule has 0 N–H and O–H groups in total. The van der Waals surface area contributed by atoms with Crippen molar-refractivity contribution in [1.82, 2.24) is 13.7 Å². The number of rotatable bonds is 38. The maximum Gasteiger partial charge on any atom is 0.150 e. The average molecular weight is 1520 g/mol. The van der Waals surface area contributed by atoms with Crippen molar-refractivity contribution in [2.75, 3.05) is 0 Å². The highest BCUT2D eigenvalue weighted by Gasteiger charge is 2.20. The second-order valence-electron chi connectivity index (χ2n) is 30.3. The SMILES string of the molecule is CCCCCCCCCCn1c2ccc(C=O)cc2c2cc(/C=C\C3=CC(=C(C#N)C#N)C=C(/C=C/c4ccc5c(c4)c4cc(/C=C/C6=CC(=C(C#N)C#N)C=C(/C=C/c7ccc8c(c7)c7cc(/C=C/C9=CC(=C(C#N)C#N)C=C(C)O9)ccc7n8CCCCCCCCCC)O6)ccc4n5CCCCCCCCCC)O3)ccc21. The molecule has 0 saturated carbocycles. The van der Waals surface area contributed by atoms with E-state index in [-0.39, 0.29) is 16.7 Å². The van der Waals surface area contributed by atoms with Crippen LogP contribution in [-0.2, 0) is 33.8 Å². The minimum atomic E-state index is -0.0355. The van der Waals surface area contributed by atoms with E-state index in [1.807, 2.05) is 85.0 Å². The van der Waals surface area contributed by atoms with E-state index in [1.54, 1.807) is 43.4 Å². The highest BCUT2D eigenvalue weighted by atomic mass is 16.5. The van der Waals surface area contributed by atoms with Gasteiger partial charge in [0.15, 0.2) is 0 Å². The first kappa shape index (κ1) is 81.6. The van der Waals surface area contributed by atoms with Crippen molar-refractivity contribution in [3.63, 3.8) is 0 Å². The molecule has 6 aromatic carbocycles. The number of benzene rings is 6. The van der Waals surface area contributed by atoms with Gasteiger partial charge >= 0.3 is 0 Å². The topological polar surface area (TPSA) is 202 Å². The quantitative estimate of drug-likeness (QED) is 0.0203. The average Bonchev–Trinajstić information content (AvgIpc) is 1.62. The Labute approximate surface area is 677 Å². The third-order valence-corrected chi connectivity index (χ3v) is 21.9. The molecule has 9 aromatic rings. The second kappa shape index (κ2) is 41.0. The molecule has 0 bridgehead atoms. The van der Waals surface area contributed by atoms with Crippen LogP contribution in [0.1, 0.15) is 220 Å². The van der Waals surface area contributed by atoms with E-state index in [9.17, 15) is 36.4 Å². The van der Waals surface area contributed by atoms with Gasteiger partial charge in [0, 0.05) is 107 Å². The number of ether oxygens (including phenoxy) is 3. The Kier molecular flexibility index (Phi) is 29.1. The molecule has 0 aliphatic carbocycles. The first-order valence-corrected chi connectivity index (χ1v) is 41.4. The van der Waals surface area contributed by atoms with E-state index in [2.05, 4.69) is 156 Å². The van der Waals surface area contributed by atoms with Crippen LogP contribution in [0.5, 0.6) is 0 Å². The normalized spacial score (nSPS) is 13.7. The standard InChI is InChI=1S/C102H101N9O4/c1-5-8-11-14-17-20-23-26-51-109-97-45-34-74(29-40-86-61-80(54-73(4)113-86)83(66-103)67-104)55-91(97)92-56-75(35-46-98(92)109)30-41-87-62-81(84(68-105)69-106)63-88(114-87)42-31-76-36-47-99-93(57-76)94-58-77(37-48-100(94)110(99)52-27-24-21-18-15-12-9-6-2)32-43-89-64-82(85(70-107)71-108)65-90(115-89)44-33-78-38-49-101-95(59-78)96-60-79(72-112)39-50-102(96)111(101)53-28-25-22-19-16-13-10-7-3/h29-50,54-65,72H,5-28,51-53H2,1-4H3/b40-29+,41-30+,42-31+,43-32+,44-33-. The number of aldehydes is 1.